The standard InChI is InChI=1S/C26H28N2O/c1-20-9-11-21(12-10-20)18-27(2)26(29)24-15-13-22(14-16-24)19-28-17-5-7-23-6-3-4-8-25(23)28/h3-4,6,8-16H,5,7,17-19H2,1-2H3. The van der Waals surface area contributed by atoms with Crippen molar-refractivity contribution in [2.75, 3.05) is 18.5 Å². The average Bonchev–Trinajstić information content (AvgIpc) is 2.75. The second-order valence-corrected chi connectivity index (χ2v) is 8.00. The fourth-order valence-corrected chi connectivity index (χ4v) is 4.01. The van der Waals surface area contributed by atoms with Crippen molar-refractivity contribution in [3.63, 3.8) is 0 Å². The van der Waals surface area contributed by atoms with Crippen molar-refractivity contribution < 1.29 is 4.79 Å². The Bertz CT molecular complexity index is 976. The van der Waals surface area contributed by atoms with E-state index in [1.807, 2.05) is 19.2 Å². The lowest BCUT2D eigenvalue weighted by atomic mass is 10.0. The lowest BCUT2D eigenvalue weighted by molar-refractivity contribution is 0.0785. The van der Waals surface area contributed by atoms with Crippen molar-refractivity contribution in [2.24, 2.45) is 0 Å². The number of benzene rings is 3. The number of nitrogens with zero attached hydrogens (tertiary/aromatic N) is 2. The Morgan fingerprint density at radius 1 is 0.931 bits per heavy atom. The van der Waals surface area contributed by atoms with E-state index in [-0.39, 0.29) is 5.91 Å². The monoisotopic (exact) mass is 384 g/mol. The van der Waals surface area contributed by atoms with Crippen LogP contribution in [0.15, 0.2) is 72.8 Å². The first-order chi connectivity index (χ1) is 14.1. The Morgan fingerprint density at radius 3 is 2.38 bits per heavy atom. The summed E-state index contributed by atoms with van der Waals surface area (Å²) in [5.41, 5.74) is 7.13. The smallest absolute Gasteiger partial charge is 0.253 e. The van der Waals surface area contributed by atoms with E-state index >= 15 is 0 Å². The fourth-order valence-electron chi connectivity index (χ4n) is 4.01. The molecule has 148 valence electrons. The van der Waals surface area contributed by atoms with Gasteiger partial charge in [-0.15, -0.1) is 0 Å². The van der Waals surface area contributed by atoms with Crippen LogP contribution in [0.3, 0.4) is 0 Å². The van der Waals surface area contributed by atoms with Crippen molar-refractivity contribution in [1.29, 1.82) is 0 Å². The summed E-state index contributed by atoms with van der Waals surface area (Å²) in [7, 11) is 1.86. The minimum absolute atomic E-state index is 0.0560. The van der Waals surface area contributed by atoms with Crippen LogP contribution in [-0.2, 0) is 19.5 Å². The summed E-state index contributed by atoms with van der Waals surface area (Å²) >= 11 is 0. The number of hydrogen-bond acceptors (Lipinski definition) is 2. The van der Waals surface area contributed by atoms with Crippen LogP contribution in [-0.4, -0.2) is 24.4 Å². The number of hydrogen-bond donors (Lipinski definition) is 0. The molecule has 0 saturated heterocycles. The molecule has 1 aliphatic rings. The zero-order valence-electron chi connectivity index (χ0n) is 17.3. The molecule has 0 spiro atoms. The second-order valence-electron chi connectivity index (χ2n) is 8.00. The van der Waals surface area contributed by atoms with Crippen LogP contribution in [0.25, 0.3) is 0 Å². The predicted molar refractivity (Wildman–Crippen MR) is 119 cm³/mol. The molecule has 0 radical (unpaired) electrons. The molecule has 0 atom stereocenters. The molecule has 0 saturated carbocycles. The van der Waals surface area contributed by atoms with Crippen LogP contribution >= 0.6 is 0 Å². The highest BCUT2D eigenvalue weighted by atomic mass is 16.2. The van der Waals surface area contributed by atoms with E-state index in [1.54, 1.807) is 4.90 Å². The van der Waals surface area contributed by atoms with Crippen LogP contribution in [0.4, 0.5) is 5.69 Å². The highest BCUT2D eigenvalue weighted by Crippen LogP contribution is 2.28. The summed E-state index contributed by atoms with van der Waals surface area (Å²) in [6, 6.07) is 25.1. The Balaban J connectivity index is 1.41. The molecule has 0 bridgehead atoms. The molecule has 3 aromatic carbocycles. The lowest BCUT2D eigenvalue weighted by Gasteiger charge is -2.31. The number of carbonyl (C=O) groups excluding carboxylic acids is 1. The van der Waals surface area contributed by atoms with Gasteiger partial charge in [-0.3, -0.25) is 4.79 Å². The van der Waals surface area contributed by atoms with Gasteiger partial charge in [-0.25, -0.2) is 0 Å². The topological polar surface area (TPSA) is 23.6 Å². The fraction of sp³-hybridized carbons (Fsp3) is 0.269. The van der Waals surface area contributed by atoms with Crippen LogP contribution in [0.2, 0.25) is 0 Å². The molecule has 0 fully saturated rings. The normalized spacial score (nSPS) is 13.1. The molecular weight excluding hydrogens is 356 g/mol. The average molecular weight is 385 g/mol. The summed E-state index contributed by atoms with van der Waals surface area (Å²) in [4.78, 5) is 17.0. The molecule has 1 heterocycles. The number of anilines is 1. The van der Waals surface area contributed by atoms with Gasteiger partial charge in [0.15, 0.2) is 0 Å². The molecule has 3 nitrogen and oxygen atoms in total. The minimum Gasteiger partial charge on any atom is -0.367 e. The van der Waals surface area contributed by atoms with Crippen molar-refractivity contribution in [3.8, 4) is 0 Å². The summed E-state index contributed by atoms with van der Waals surface area (Å²) in [6.45, 7) is 4.65. The Hall–Kier alpha value is -3.07. The number of para-hydroxylation sites is 1. The van der Waals surface area contributed by atoms with Crippen LogP contribution < -0.4 is 4.90 Å². The van der Waals surface area contributed by atoms with E-state index in [0.29, 0.717) is 6.54 Å². The molecule has 1 amide bonds. The Morgan fingerprint density at radius 2 is 1.62 bits per heavy atom. The van der Waals surface area contributed by atoms with Gasteiger partial charge in [0, 0.05) is 37.9 Å². The highest BCUT2D eigenvalue weighted by molar-refractivity contribution is 5.94. The molecule has 29 heavy (non-hydrogen) atoms. The summed E-state index contributed by atoms with van der Waals surface area (Å²) in [5, 5.41) is 0. The maximum Gasteiger partial charge on any atom is 0.253 e. The Labute approximate surface area is 173 Å². The van der Waals surface area contributed by atoms with Gasteiger partial charge in [-0.2, -0.15) is 0 Å². The summed E-state index contributed by atoms with van der Waals surface area (Å²) in [6.07, 6.45) is 2.35. The van der Waals surface area contributed by atoms with Crippen molar-refractivity contribution in [1.82, 2.24) is 4.90 Å². The lowest BCUT2D eigenvalue weighted by Crippen LogP contribution is -2.29. The molecule has 0 aromatic heterocycles. The zero-order chi connectivity index (χ0) is 20.2. The van der Waals surface area contributed by atoms with Crippen LogP contribution in [0.5, 0.6) is 0 Å². The van der Waals surface area contributed by atoms with E-state index in [4.69, 9.17) is 0 Å². The molecule has 3 heteroatoms. The number of rotatable bonds is 5. The molecule has 0 unspecified atom stereocenters. The number of amides is 1. The maximum atomic E-state index is 12.8. The quantitative estimate of drug-likeness (QED) is 0.602. The summed E-state index contributed by atoms with van der Waals surface area (Å²) < 4.78 is 0. The molecular formula is C26H28N2O. The van der Waals surface area contributed by atoms with Gasteiger partial charge in [0.25, 0.3) is 5.91 Å². The van der Waals surface area contributed by atoms with E-state index < -0.39 is 0 Å². The third-order valence-corrected chi connectivity index (χ3v) is 5.67. The first kappa shape index (κ1) is 19.3. The first-order valence-corrected chi connectivity index (χ1v) is 10.3. The van der Waals surface area contributed by atoms with E-state index in [1.165, 1.54) is 28.8 Å². The van der Waals surface area contributed by atoms with Gasteiger partial charge in [-0.1, -0.05) is 60.2 Å². The van der Waals surface area contributed by atoms with Gasteiger partial charge >= 0.3 is 0 Å². The first-order valence-electron chi connectivity index (χ1n) is 10.3. The van der Waals surface area contributed by atoms with Gasteiger partial charge in [0.05, 0.1) is 0 Å². The number of aryl methyl sites for hydroxylation is 2. The van der Waals surface area contributed by atoms with E-state index in [9.17, 15) is 4.79 Å². The highest BCUT2D eigenvalue weighted by Gasteiger charge is 2.17. The van der Waals surface area contributed by atoms with Crippen molar-refractivity contribution >= 4 is 11.6 Å². The maximum absolute atomic E-state index is 12.8. The summed E-state index contributed by atoms with van der Waals surface area (Å²) in [5.74, 6) is 0.0560. The van der Waals surface area contributed by atoms with Crippen LogP contribution in [0.1, 0.15) is 39.0 Å². The van der Waals surface area contributed by atoms with Gasteiger partial charge in [0.2, 0.25) is 0 Å². The molecule has 4 rings (SSSR count). The molecule has 0 N–H and O–H groups in total. The van der Waals surface area contributed by atoms with Gasteiger partial charge in [0.1, 0.15) is 0 Å². The van der Waals surface area contributed by atoms with E-state index in [2.05, 4.69) is 72.5 Å². The third kappa shape index (κ3) is 4.51. The van der Waals surface area contributed by atoms with Crippen molar-refractivity contribution in [2.45, 2.75) is 32.9 Å². The molecule has 3 aromatic rings. The number of fused-ring (bicyclic) bond motifs is 1. The number of carbonyl (C=O) groups is 1. The minimum atomic E-state index is 0.0560. The molecule has 1 aliphatic heterocycles. The molecule has 0 aliphatic carbocycles. The zero-order valence-corrected chi connectivity index (χ0v) is 17.3. The Kier molecular flexibility index (Phi) is 5.66. The van der Waals surface area contributed by atoms with E-state index in [0.717, 1.165) is 30.6 Å². The van der Waals surface area contributed by atoms with Gasteiger partial charge in [-0.05, 0) is 54.7 Å². The second kappa shape index (κ2) is 8.52. The predicted octanol–water partition coefficient (Wildman–Crippen LogP) is 5.22. The van der Waals surface area contributed by atoms with Crippen molar-refractivity contribution in [3.05, 3.63) is 101 Å². The third-order valence-electron chi connectivity index (χ3n) is 5.67. The van der Waals surface area contributed by atoms with Gasteiger partial charge < -0.3 is 9.80 Å². The largest absolute Gasteiger partial charge is 0.367 e. The van der Waals surface area contributed by atoms with Crippen LogP contribution in [0, 0.1) is 6.92 Å². The SMILES string of the molecule is Cc1ccc(CN(C)C(=O)c2ccc(CN3CCCc4ccccc43)cc2)cc1.